The van der Waals surface area contributed by atoms with Crippen LogP contribution >= 0.6 is 7.82 Å². The van der Waals surface area contributed by atoms with Crippen LogP contribution in [0, 0.1) is 0 Å². The van der Waals surface area contributed by atoms with E-state index in [9.17, 15) is 9.90 Å². The second-order valence-corrected chi connectivity index (χ2v) is 5.93. The van der Waals surface area contributed by atoms with Crippen LogP contribution in [0.25, 0.3) is 11.2 Å². The average molecular weight is 365 g/mol. The molecule has 0 unspecified atom stereocenters. The molecule has 24 heavy (non-hydrogen) atoms. The molecule has 8 N–H and O–H groups in total. The molecule has 1 aliphatic heterocycles. The van der Waals surface area contributed by atoms with Gasteiger partial charge in [-0.15, -0.1) is 0 Å². The van der Waals surface area contributed by atoms with Gasteiger partial charge in [0.15, 0.2) is 5.52 Å². The quantitative estimate of drug-likeness (QED) is 0.274. The summed E-state index contributed by atoms with van der Waals surface area (Å²) >= 11 is 0. The largest absolute Gasteiger partial charge is 0.466 e. The number of rotatable bonds is 2. The second kappa shape index (κ2) is 6.94. The Labute approximate surface area is 133 Å². The molecule has 0 bridgehead atoms. The highest BCUT2D eigenvalue weighted by Gasteiger charge is 2.35. The van der Waals surface area contributed by atoms with Gasteiger partial charge < -0.3 is 40.3 Å². The third kappa shape index (κ3) is 4.36. The number of nitrogens with one attached hydrogen (secondary N) is 1. The molecule has 0 saturated carbocycles. The van der Waals surface area contributed by atoms with Crippen LogP contribution < -0.4 is 11.3 Å². The number of phosphoric acid groups is 1. The number of nitrogen functional groups attached to an aromatic ring is 1. The number of aliphatic hydroxyl groups excluding tert-OH is 2. The van der Waals surface area contributed by atoms with Crippen molar-refractivity contribution < 1.29 is 34.2 Å². The first-order valence-corrected chi connectivity index (χ1v) is 8.11. The Morgan fingerprint density at radius 1 is 1.46 bits per heavy atom. The SMILES string of the molecule is Nc1nc(=O)c2ncn([C@H]3C[C@H](O)[C@@H](CO)O3)c2[nH]1.O=P(O)(O)O. The summed E-state index contributed by atoms with van der Waals surface area (Å²) in [7, 11) is -4.64. The lowest BCUT2D eigenvalue weighted by Gasteiger charge is -2.13. The van der Waals surface area contributed by atoms with E-state index in [0.717, 1.165) is 0 Å². The molecule has 2 aromatic heterocycles. The smallest absolute Gasteiger partial charge is 0.394 e. The summed E-state index contributed by atoms with van der Waals surface area (Å²) in [5.41, 5.74) is 5.50. The molecule has 1 fully saturated rings. The van der Waals surface area contributed by atoms with E-state index in [2.05, 4.69) is 15.0 Å². The lowest BCUT2D eigenvalue weighted by atomic mass is 10.2. The molecule has 14 heteroatoms. The first kappa shape index (κ1) is 18.5. The molecule has 0 radical (unpaired) electrons. The van der Waals surface area contributed by atoms with Gasteiger partial charge >= 0.3 is 13.4 Å². The summed E-state index contributed by atoms with van der Waals surface area (Å²) in [6.07, 6.45) is -0.219. The van der Waals surface area contributed by atoms with Crippen LogP contribution in [0.4, 0.5) is 5.95 Å². The molecular formula is C10H16N5O8P. The minimum atomic E-state index is -4.64. The maximum atomic E-state index is 11.6. The molecule has 1 saturated heterocycles. The molecule has 134 valence electrons. The van der Waals surface area contributed by atoms with E-state index in [1.165, 1.54) is 6.33 Å². The Morgan fingerprint density at radius 3 is 2.62 bits per heavy atom. The van der Waals surface area contributed by atoms with Gasteiger partial charge in [-0.1, -0.05) is 0 Å². The van der Waals surface area contributed by atoms with E-state index in [1.54, 1.807) is 4.57 Å². The molecule has 3 heterocycles. The predicted octanol–water partition coefficient (Wildman–Crippen LogP) is -2.59. The number of nitrogens with zero attached hydrogens (tertiary/aromatic N) is 3. The Balaban J connectivity index is 0.000000368. The summed E-state index contributed by atoms with van der Waals surface area (Å²) in [6.45, 7) is -0.273. The number of hydrogen-bond donors (Lipinski definition) is 7. The van der Waals surface area contributed by atoms with E-state index in [1.807, 2.05) is 0 Å². The summed E-state index contributed by atoms with van der Waals surface area (Å²) in [6, 6.07) is 0. The van der Waals surface area contributed by atoms with Crippen LogP contribution in [0.3, 0.4) is 0 Å². The van der Waals surface area contributed by atoms with Gasteiger partial charge in [-0.3, -0.25) is 9.36 Å². The lowest BCUT2D eigenvalue weighted by molar-refractivity contribution is -0.0432. The molecule has 0 amide bonds. The highest BCUT2D eigenvalue weighted by molar-refractivity contribution is 7.45. The van der Waals surface area contributed by atoms with Gasteiger partial charge in [0.2, 0.25) is 5.95 Å². The van der Waals surface area contributed by atoms with Crippen LogP contribution in [0.5, 0.6) is 0 Å². The summed E-state index contributed by atoms with van der Waals surface area (Å²) in [4.78, 5) is 43.4. The first-order chi connectivity index (χ1) is 11.1. The van der Waals surface area contributed by atoms with Crippen molar-refractivity contribution in [3.63, 3.8) is 0 Å². The molecule has 2 aromatic rings. The Hall–Kier alpha value is -1.86. The van der Waals surface area contributed by atoms with Crippen molar-refractivity contribution in [3.8, 4) is 0 Å². The zero-order valence-corrected chi connectivity index (χ0v) is 12.9. The van der Waals surface area contributed by atoms with Gasteiger partial charge in [0.05, 0.1) is 19.0 Å². The fraction of sp³-hybridized carbons (Fsp3) is 0.500. The third-order valence-corrected chi connectivity index (χ3v) is 3.16. The Bertz CT molecular complexity index is 807. The third-order valence-electron chi connectivity index (χ3n) is 3.16. The Kier molecular flexibility index (Phi) is 5.35. The normalized spacial score (nSPS) is 24.0. The fourth-order valence-electron chi connectivity index (χ4n) is 2.22. The number of imidazole rings is 1. The monoisotopic (exact) mass is 365 g/mol. The summed E-state index contributed by atoms with van der Waals surface area (Å²) in [5.74, 6) is -0.0171. The highest BCUT2D eigenvalue weighted by atomic mass is 31.2. The van der Waals surface area contributed by atoms with Crippen molar-refractivity contribution in [1.29, 1.82) is 0 Å². The molecule has 3 atom stereocenters. The summed E-state index contributed by atoms with van der Waals surface area (Å²) < 4.78 is 15.9. The maximum absolute atomic E-state index is 11.6. The van der Waals surface area contributed by atoms with Crippen LogP contribution in [0.1, 0.15) is 12.6 Å². The van der Waals surface area contributed by atoms with Crippen LogP contribution in [-0.2, 0) is 9.30 Å². The number of H-pyrrole nitrogens is 1. The van der Waals surface area contributed by atoms with Crippen LogP contribution in [0.2, 0.25) is 0 Å². The maximum Gasteiger partial charge on any atom is 0.466 e. The van der Waals surface area contributed by atoms with Gasteiger partial charge in [-0.2, -0.15) is 4.98 Å². The summed E-state index contributed by atoms with van der Waals surface area (Å²) in [5, 5.41) is 18.8. The van der Waals surface area contributed by atoms with E-state index < -0.39 is 31.8 Å². The van der Waals surface area contributed by atoms with Crippen LogP contribution in [-0.4, -0.2) is 63.2 Å². The van der Waals surface area contributed by atoms with Crippen molar-refractivity contribution in [2.75, 3.05) is 12.3 Å². The van der Waals surface area contributed by atoms with Gasteiger partial charge in [0.25, 0.3) is 0 Å². The number of aromatic amines is 1. The van der Waals surface area contributed by atoms with Crippen LogP contribution in [0.15, 0.2) is 11.1 Å². The average Bonchev–Trinajstić information content (AvgIpc) is 3.00. The number of ether oxygens (including phenoxy) is 1. The number of aliphatic hydroxyl groups is 2. The fourth-order valence-corrected chi connectivity index (χ4v) is 2.22. The van der Waals surface area contributed by atoms with Gasteiger partial charge in [-0.25, -0.2) is 9.55 Å². The molecule has 0 aliphatic carbocycles. The zero-order valence-electron chi connectivity index (χ0n) is 12.1. The number of aromatic nitrogens is 4. The minimum absolute atomic E-state index is 0.0171. The second-order valence-electron chi connectivity index (χ2n) is 4.90. The van der Waals surface area contributed by atoms with E-state index in [0.29, 0.717) is 12.1 Å². The van der Waals surface area contributed by atoms with Gasteiger partial charge in [-0.05, 0) is 0 Å². The van der Waals surface area contributed by atoms with Crippen molar-refractivity contribution in [2.24, 2.45) is 0 Å². The highest BCUT2D eigenvalue weighted by Crippen LogP contribution is 2.30. The Morgan fingerprint density at radius 2 is 2.08 bits per heavy atom. The molecule has 0 aromatic carbocycles. The number of nitrogens with two attached hydrogens (primary N) is 1. The predicted molar refractivity (Wildman–Crippen MR) is 78.4 cm³/mol. The standard InChI is InChI=1S/C10H13N5O4.H3O4P/c11-10-13-8-7(9(18)14-10)12-3-15(8)6-1-4(17)5(2-16)19-6;1-5(2,3)4/h3-6,16-17H,1-2H2,(H3,11,13,14,18);(H3,1,2,3,4)/t4-,5+,6+;/m0./s1. The molecule has 0 spiro atoms. The molecular weight excluding hydrogens is 349 g/mol. The van der Waals surface area contributed by atoms with E-state index in [4.69, 9.17) is 34.8 Å². The van der Waals surface area contributed by atoms with Gasteiger partial charge in [0, 0.05) is 6.42 Å². The molecule has 3 rings (SSSR count). The number of anilines is 1. The number of hydrogen-bond acceptors (Lipinski definition) is 8. The van der Waals surface area contributed by atoms with Crippen molar-refractivity contribution in [2.45, 2.75) is 24.9 Å². The number of fused-ring (bicyclic) bond motifs is 1. The topological polar surface area (TPSA) is 217 Å². The first-order valence-electron chi connectivity index (χ1n) is 6.55. The zero-order chi connectivity index (χ0) is 18.1. The van der Waals surface area contributed by atoms with Gasteiger partial charge in [0.1, 0.15) is 18.0 Å². The lowest BCUT2D eigenvalue weighted by Crippen LogP contribution is -2.24. The van der Waals surface area contributed by atoms with Crippen molar-refractivity contribution in [1.82, 2.24) is 19.5 Å². The van der Waals surface area contributed by atoms with Crippen molar-refractivity contribution in [3.05, 3.63) is 16.7 Å². The minimum Gasteiger partial charge on any atom is -0.394 e. The molecule has 1 aliphatic rings. The van der Waals surface area contributed by atoms with Crippen molar-refractivity contribution >= 4 is 24.9 Å². The van der Waals surface area contributed by atoms with E-state index >= 15 is 0 Å². The van der Waals surface area contributed by atoms with E-state index in [-0.39, 0.29) is 18.1 Å². The molecule has 13 nitrogen and oxygen atoms in total.